The van der Waals surface area contributed by atoms with E-state index in [-0.39, 0.29) is 12.8 Å². The first-order valence-corrected chi connectivity index (χ1v) is 16.6. The van der Waals surface area contributed by atoms with Gasteiger partial charge in [0.05, 0.1) is 13.2 Å². The molecule has 8 rings (SSSR count). The molecule has 0 radical (unpaired) electrons. The SMILES string of the molecule is CN1C(=O)[C@]2(CO)NC(=O)[C@@]1(Cc1ccccc1)SS[C@@]1(CO)NC(=O)[C@@](Cc3ccccc3)(SS2)N(C)C1=O. The highest BCUT2D eigenvalue weighted by Crippen LogP contribution is 2.56. The molecule has 6 aliphatic heterocycles. The lowest BCUT2D eigenvalue weighted by molar-refractivity contribution is -0.152. The molecular formula is C26H28N4O6S4. The predicted octanol–water partition coefficient (Wildman–Crippen LogP) is 1.19. The Balaban J connectivity index is 1.65. The quantitative estimate of drug-likeness (QED) is 0.349. The van der Waals surface area contributed by atoms with Crippen molar-refractivity contribution in [2.75, 3.05) is 27.3 Å². The molecule has 2 aromatic rings. The van der Waals surface area contributed by atoms with Gasteiger partial charge in [-0.25, -0.2) is 0 Å². The fourth-order valence-electron chi connectivity index (χ4n) is 4.89. The number of carbonyl (C=O) groups is 4. The van der Waals surface area contributed by atoms with E-state index in [4.69, 9.17) is 0 Å². The summed E-state index contributed by atoms with van der Waals surface area (Å²) in [7, 11) is 6.53. The number of amides is 4. The van der Waals surface area contributed by atoms with Gasteiger partial charge in [-0.1, -0.05) is 82.3 Å². The molecule has 0 aromatic heterocycles. The first-order valence-electron chi connectivity index (χ1n) is 12.3. The number of nitrogens with zero attached hydrogens (tertiary/aromatic N) is 2. The summed E-state index contributed by atoms with van der Waals surface area (Å²) in [6, 6.07) is 18.2. The molecule has 10 nitrogen and oxygen atoms in total. The van der Waals surface area contributed by atoms with Gasteiger partial charge in [0.15, 0.2) is 19.5 Å². The molecule has 0 spiro atoms. The molecule has 0 unspecified atom stereocenters. The Morgan fingerprint density at radius 1 is 0.625 bits per heavy atom. The number of rotatable bonds is 6. The van der Waals surface area contributed by atoms with Gasteiger partial charge in [-0.15, -0.1) is 0 Å². The van der Waals surface area contributed by atoms with Gasteiger partial charge < -0.3 is 30.6 Å². The molecule has 0 aliphatic carbocycles. The summed E-state index contributed by atoms with van der Waals surface area (Å²) in [5.41, 5.74) is 1.51. The van der Waals surface area contributed by atoms with Crippen molar-refractivity contribution in [1.29, 1.82) is 0 Å². The van der Waals surface area contributed by atoms with Crippen LogP contribution in [0.3, 0.4) is 0 Å². The van der Waals surface area contributed by atoms with Gasteiger partial charge >= 0.3 is 0 Å². The Morgan fingerprint density at radius 2 is 0.975 bits per heavy atom. The Morgan fingerprint density at radius 3 is 1.30 bits per heavy atom. The van der Waals surface area contributed by atoms with Gasteiger partial charge in [0.25, 0.3) is 23.6 Å². The third kappa shape index (κ3) is 4.49. The summed E-state index contributed by atoms with van der Waals surface area (Å²) in [5.74, 6) is -2.16. The Bertz CT molecular complexity index is 1240. The van der Waals surface area contributed by atoms with E-state index in [0.717, 1.165) is 54.3 Å². The minimum Gasteiger partial charge on any atom is -0.392 e. The molecule has 2 aromatic carbocycles. The molecule has 6 fully saturated rings. The van der Waals surface area contributed by atoms with Crippen molar-refractivity contribution < 1.29 is 29.4 Å². The lowest BCUT2D eigenvalue weighted by Crippen LogP contribution is -2.77. The molecule has 212 valence electrons. The van der Waals surface area contributed by atoms with E-state index < -0.39 is 56.3 Å². The monoisotopic (exact) mass is 620 g/mol. The van der Waals surface area contributed by atoms with Crippen LogP contribution >= 0.6 is 43.2 Å². The van der Waals surface area contributed by atoms with Crippen molar-refractivity contribution in [3.63, 3.8) is 0 Å². The van der Waals surface area contributed by atoms with Crippen molar-refractivity contribution in [3.05, 3.63) is 71.8 Å². The molecule has 6 heterocycles. The fraction of sp³-hybridized carbons (Fsp3) is 0.385. The first-order chi connectivity index (χ1) is 19.1. The Kier molecular flexibility index (Phi) is 7.87. The molecule has 6 aliphatic rings. The van der Waals surface area contributed by atoms with Crippen LogP contribution in [0.1, 0.15) is 11.1 Å². The zero-order chi connectivity index (χ0) is 28.8. The van der Waals surface area contributed by atoms with Crippen molar-refractivity contribution in [1.82, 2.24) is 20.4 Å². The zero-order valence-corrected chi connectivity index (χ0v) is 24.9. The van der Waals surface area contributed by atoms with E-state index in [9.17, 15) is 29.4 Å². The van der Waals surface area contributed by atoms with Crippen molar-refractivity contribution in [2.45, 2.75) is 32.3 Å². The highest BCUT2D eigenvalue weighted by atomic mass is 33.1. The van der Waals surface area contributed by atoms with Gasteiger partial charge in [0.2, 0.25) is 0 Å². The zero-order valence-electron chi connectivity index (χ0n) is 21.7. The Labute approximate surface area is 247 Å². The second-order valence-electron chi connectivity index (χ2n) is 9.83. The van der Waals surface area contributed by atoms with Gasteiger partial charge in [0.1, 0.15) is 0 Å². The smallest absolute Gasteiger partial charge is 0.263 e. The van der Waals surface area contributed by atoms with Crippen molar-refractivity contribution in [3.8, 4) is 0 Å². The van der Waals surface area contributed by atoms with Crippen LogP contribution in [0.4, 0.5) is 0 Å². The molecule has 6 saturated heterocycles. The summed E-state index contributed by atoms with van der Waals surface area (Å²) >= 11 is 0. The number of hydrogen-bond acceptors (Lipinski definition) is 10. The second kappa shape index (κ2) is 10.8. The highest BCUT2D eigenvalue weighted by Gasteiger charge is 2.65. The number of carbonyl (C=O) groups excluding carboxylic acids is 4. The van der Waals surface area contributed by atoms with Crippen molar-refractivity contribution >= 4 is 66.8 Å². The topological polar surface area (TPSA) is 139 Å². The van der Waals surface area contributed by atoms with Gasteiger partial charge in [0, 0.05) is 26.9 Å². The van der Waals surface area contributed by atoms with Gasteiger partial charge in [-0.3, -0.25) is 19.2 Å². The molecule has 0 saturated carbocycles. The third-order valence-electron chi connectivity index (χ3n) is 7.39. The van der Waals surface area contributed by atoms with Crippen LogP contribution in [0.2, 0.25) is 0 Å². The molecule has 4 bridgehead atoms. The number of benzene rings is 2. The van der Waals surface area contributed by atoms with Gasteiger partial charge in [-0.05, 0) is 32.7 Å². The number of hydrogen-bond donors (Lipinski definition) is 4. The maximum atomic E-state index is 14.0. The predicted molar refractivity (Wildman–Crippen MR) is 158 cm³/mol. The van der Waals surface area contributed by atoms with E-state index in [1.165, 1.54) is 23.9 Å². The number of likely N-dealkylation sites (N-methyl/N-ethyl adjacent to an activating group) is 2. The van der Waals surface area contributed by atoms with Crippen LogP contribution < -0.4 is 10.6 Å². The summed E-state index contributed by atoms with van der Waals surface area (Å²) in [6.07, 6.45) is 0.159. The Hall–Kier alpha value is -2.36. The minimum atomic E-state index is -1.81. The molecule has 4 atom stereocenters. The van der Waals surface area contributed by atoms with Gasteiger partial charge in [-0.2, -0.15) is 0 Å². The third-order valence-corrected chi connectivity index (χ3v) is 14.6. The number of nitrogens with one attached hydrogen (secondary N) is 2. The van der Waals surface area contributed by atoms with E-state index in [2.05, 4.69) is 10.6 Å². The maximum absolute atomic E-state index is 14.0. The number of aliphatic hydroxyl groups excluding tert-OH is 2. The fourth-order valence-corrected chi connectivity index (χ4v) is 11.5. The van der Waals surface area contributed by atoms with Crippen LogP contribution in [-0.2, 0) is 32.0 Å². The van der Waals surface area contributed by atoms with E-state index in [1.807, 2.05) is 60.7 Å². The van der Waals surface area contributed by atoms with Crippen molar-refractivity contribution in [2.24, 2.45) is 0 Å². The number of aliphatic hydroxyl groups is 2. The average molecular weight is 621 g/mol. The summed E-state index contributed by atoms with van der Waals surface area (Å²) in [4.78, 5) is 51.9. The van der Waals surface area contributed by atoms with E-state index >= 15 is 0 Å². The largest absolute Gasteiger partial charge is 0.392 e. The lowest BCUT2D eigenvalue weighted by atomic mass is 9.99. The average Bonchev–Trinajstić information content (AvgIpc) is 2.97. The van der Waals surface area contributed by atoms with Crippen LogP contribution in [0.25, 0.3) is 0 Å². The standard InChI is InChI=1S/C26H28N4O6S4/c1-29-21(35)23(15-31)27-19(33)25(29,13-17-9-5-3-6-10-17)39-38-24(16-32)22(36)30(2)26(40-37-23,20(34)28-24)14-18-11-7-4-8-12-18/h3-12,31-32H,13-16H2,1-2H3,(H,27,33)(H,28,34)/t23-,24-,25-,26-/m1/s1. The molecule has 4 amide bonds. The van der Waals surface area contributed by atoms with Crippen LogP contribution in [0.15, 0.2) is 60.7 Å². The van der Waals surface area contributed by atoms with Crippen LogP contribution in [-0.4, -0.2) is 90.4 Å². The molecule has 14 heteroatoms. The van der Waals surface area contributed by atoms with E-state index in [1.54, 1.807) is 0 Å². The first kappa shape index (κ1) is 29.1. The highest BCUT2D eigenvalue weighted by molar-refractivity contribution is 8.78. The summed E-state index contributed by atoms with van der Waals surface area (Å²) in [6.45, 7) is -1.47. The normalized spacial score (nSPS) is 32.4. The lowest BCUT2D eigenvalue weighted by Gasteiger charge is -2.54. The number of piperazine rings is 2. The van der Waals surface area contributed by atoms with Crippen LogP contribution in [0.5, 0.6) is 0 Å². The minimum absolute atomic E-state index is 0.0797. The second-order valence-corrected chi connectivity index (χ2v) is 15.2. The van der Waals surface area contributed by atoms with Crippen LogP contribution in [0, 0.1) is 0 Å². The summed E-state index contributed by atoms with van der Waals surface area (Å²) < 4.78 is 0. The molecule has 40 heavy (non-hydrogen) atoms. The molecular weight excluding hydrogens is 593 g/mol. The summed E-state index contributed by atoms with van der Waals surface area (Å²) in [5, 5.41) is 26.6. The maximum Gasteiger partial charge on any atom is 0.263 e. The molecule has 4 N–H and O–H groups in total. The van der Waals surface area contributed by atoms with E-state index in [0.29, 0.717) is 0 Å².